The zero-order valence-electron chi connectivity index (χ0n) is 12.4. The van der Waals surface area contributed by atoms with Gasteiger partial charge >= 0.3 is 5.97 Å². The van der Waals surface area contributed by atoms with E-state index in [2.05, 4.69) is 0 Å². The molecule has 0 saturated carbocycles. The van der Waals surface area contributed by atoms with E-state index in [9.17, 15) is 4.79 Å². The number of rotatable bonds is 4. The van der Waals surface area contributed by atoms with Gasteiger partial charge in [-0.2, -0.15) is 0 Å². The Morgan fingerprint density at radius 3 is 2.09 bits per heavy atom. The fourth-order valence-corrected chi connectivity index (χ4v) is 2.87. The molecule has 114 valence electrons. The molecule has 0 N–H and O–H groups in total. The van der Waals surface area contributed by atoms with Crippen LogP contribution in [0.25, 0.3) is 0 Å². The zero-order chi connectivity index (χ0) is 15.4. The Bertz CT molecular complexity index is 618. The van der Waals surface area contributed by atoms with E-state index < -0.39 is 11.7 Å². The van der Waals surface area contributed by atoms with Crippen LogP contribution in [0.5, 0.6) is 0 Å². The predicted octanol–water partition coefficient (Wildman–Crippen LogP) is 2.84. The molecule has 4 nitrogen and oxygen atoms in total. The van der Waals surface area contributed by atoms with Gasteiger partial charge in [0.25, 0.3) is 0 Å². The minimum atomic E-state index is -1.14. The van der Waals surface area contributed by atoms with Crippen LogP contribution in [-0.2, 0) is 24.8 Å². The second kappa shape index (κ2) is 6.30. The summed E-state index contributed by atoms with van der Waals surface area (Å²) in [5.41, 5.74) is 1.62. The Labute approximate surface area is 129 Å². The summed E-state index contributed by atoms with van der Waals surface area (Å²) in [5, 5.41) is 0. The van der Waals surface area contributed by atoms with Crippen molar-refractivity contribution in [2.24, 2.45) is 0 Å². The van der Waals surface area contributed by atoms with E-state index in [1.54, 1.807) is 0 Å². The van der Waals surface area contributed by atoms with Gasteiger partial charge in [0.2, 0.25) is 5.79 Å². The van der Waals surface area contributed by atoms with E-state index in [0.717, 1.165) is 11.1 Å². The van der Waals surface area contributed by atoms with E-state index in [-0.39, 0.29) is 5.97 Å². The third kappa shape index (κ3) is 2.51. The highest BCUT2D eigenvalue weighted by Crippen LogP contribution is 2.44. The Morgan fingerprint density at radius 1 is 1.00 bits per heavy atom. The van der Waals surface area contributed by atoms with Crippen LogP contribution in [0.4, 0.5) is 0 Å². The Balaban J connectivity index is 2.13. The molecule has 4 heteroatoms. The highest BCUT2D eigenvalue weighted by molar-refractivity contribution is 5.80. The van der Waals surface area contributed by atoms with Crippen LogP contribution in [0.2, 0.25) is 0 Å². The number of ether oxygens (including phenoxy) is 3. The standard InChI is InChI=1S/C18H18O4/c1-20-17(19)16(14-8-4-2-5-9-14)18(21-12-13-22-18)15-10-6-3-7-11-15/h2-11,16H,12-13H2,1H3/t16-/m1/s1. The molecule has 2 aromatic rings. The zero-order valence-corrected chi connectivity index (χ0v) is 12.4. The van der Waals surface area contributed by atoms with Crippen LogP contribution in [0.1, 0.15) is 17.0 Å². The third-order valence-electron chi connectivity index (χ3n) is 3.84. The lowest BCUT2D eigenvalue weighted by Crippen LogP contribution is -2.40. The van der Waals surface area contributed by atoms with E-state index in [1.807, 2.05) is 60.7 Å². The van der Waals surface area contributed by atoms with Gasteiger partial charge in [-0.15, -0.1) is 0 Å². The molecule has 22 heavy (non-hydrogen) atoms. The van der Waals surface area contributed by atoms with Gasteiger partial charge in [0, 0.05) is 5.56 Å². The molecule has 0 aliphatic carbocycles. The molecular formula is C18H18O4. The second-order valence-corrected chi connectivity index (χ2v) is 5.10. The summed E-state index contributed by atoms with van der Waals surface area (Å²) in [6.07, 6.45) is 0. The maximum atomic E-state index is 12.5. The van der Waals surface area contributed by atoms with Crippen molar-refractivity contribution in [3.05, 3.63) is 71.8 Å². The molecule has 1 heterocycles. The van der Waals surface area contributed by atoms with Gasteiger partial charge in [0.1, 0.15) is 5.92 Å². The Kier molecular flexibility index (Phi) is 4.22. The van der Waals surface area contributed by atoms with Gasteiger partial charge < -0.3 is 14.2 Å². The fourth-order valence-electron chi connectivity index (χ4n) is 2.87. The van der Waals surface area contributed by atoms with Crippen molar-refractivity contribution >= 4 is 5.97 Å². The number of carbonyl (C=O) groups is 1. The highest BCUT2D eigenvalue weighted by Gasteiger charge is 2.51. The van der Waals surface area contributed by atoms with E-state index in [4.69, 9.17) is 14.2 Å². The SMILES string of the molecule is COC(=O)[C@@H](c1ccccc1)C1(c2ccccc2)OCCO1. The van der Waals surface area contributed by atoms with E-state index in [0.29, 0.717) is 13.2 Å². The van der Waals surface area contributed by atoms with Gasteiger partial charge in [-0.1, -0.05) is 60.7 Å². The van der Waals surface area contributed by atoms with Crippen molar-refractivity contribution in [2.75, 3.05) is 20.3 Å². The van der Waals surface area contributed by atoms with Gasteiger partial charge in [0.05, 0.1) is 20.3 Å². The molecule has 1 atom stereocenters. The van der Waals surface area contributed by atoms with Gasteiger partial charge in [-0.3, -0.25) is 4.79 Å². The van der Waals surface area contributed by atoms with Crippen molar-refractivity contribution in [1.29, 1.82) is 0 Å². The molecule has 1 fully saturated rings. The fraction of sp³-hybridized carbons (Fsp3) is 0.278. The van der Waals surface area contributed by atoms with Crippen molar-refractivity contribution in [2.45, 2.75) is 11.7 Å². The normalized spacial score (nSPS) is 17.9. The van der Waals surface area contributed by atoms with E-state index in [1.165, 1.54) is 7.11 Å². The molecule has 1 aliphatic heterocycles. The molecule has 1 aliphatic rings. The molecule has 0 amide bonds. The van der Waals surface area contributed by atoms with Crippen molar-refractivity contribution in [3.8, 4) is 0 Å². The average Bonchev–Trinajstić information content (AvgIpc) is 3.07. The average molecular weight is 298 g/mol. The summed E-state index contributed by atoms with van der Waals surface area (Å²) in [7, 11) is 1.38. The molecule has 0 unspecified atom stereocenters. The lowest BCUT2D eigenvalue weighted by molar-refractivity contribution is -0.198. The maximum Gasteiger partial charge on any atom is 0.319 e. The number of hydrogen-bond acceptors (Lipinski definition) is 4. The van der Waals surface area contributed by atoms with Crippen LogP contribution >= 0.6 is 0 Å². The largest absolute Gasteiger partial charge is 0.468 e. The summed E-state index contributed by atoms with van der Waals surface area (Å²) >= 11 is 0. The topological polar surface area (TPSA) is 44.8 Å². The Hall–Kier alpha value is -2.17. The summed E-state index contributed by atoms with van der Waals surface area (Å²) in [5.74, 6) is -2.20. The highest BCUT2D eigenvalue weighted by atomic mass is 16.7. The summed E-state index contributed by atoms with van der Waals surface area (Å²) < 4.78 is 16.9. The first-order chi connectivity index (χ1) is 10.8. The van der Waals surface area contributed by atoms with Gasteiger partial charge in [0.15, 0.2) is 0 Å². The maximum absolute atomic E-state index is 12.5. The minimum Gasteiger partial charge on any atom is -0.468 e. The van der Waals surface area contributed by atoms with Crippen LogP contribution in [0.3, 0.4) is 0 Å². The lowest BCUT2D eigenvalue weighted by Gasteiger charge is -2.34. The number of carbonyl (C=O) groups excluding carboxylic acids is 1. The first kappa shape index (κ1) is 14.8. The second-order valence-electron chi connectivity index (χ2n) is 5.10. The first-order valence-electron chi connectivity index (χ1n) is 7.24. The monoisotopic (exact) mass is 298 g/mol. The van der Waals surface area contributed by atoms with Crippen LogP contribution in [0.15, 0.2) is 60.7 Å². The van der Waals surface area contributed by atoms with Gasteiger partial charge in [-0.05, 0) is 5.56 Å². The van der Waals surface area contributed by atoms with Crippen LogP contribution in [-0.4, -0.2) is 26.3 Å². The summed E-state index contributed by atoms with van der Waals surface area (Å²) in [4.78, 5) is 12.5. The number of hydrogen-bond donors (Lipinski definition) is 0. The van der Waals surface area contributed by atoms with Crippen molar-refractivity contribution < 1.29 is 19.0 Å². The van der Waals surface area contributed by atoms with Gasteiger partial charge in [-0.25, -0.2) is 0 Å². The molecular weight excluding hydrogens is 280 g/mol. The third-order valence-corrected chi connectivity index (χ3v) is 3.84. The number of benzene rings is 2. The predicted molar refractivity (Wildman–Crippen MR) is 81.2 cm³/mol. The molecule has 0 radical (unpaired) electrons. The molecule has 3 rings (SSSR count). The molecule has 0 bridgehead atoms. The summed E-state index contributed by atoms with van der Waals surface area (Å²) in [6, 6.07) is 19.0. The van der Waals surface area contributed by atoms with Crippen molar-refractivity contribution in [1.82, 2.24) is 0 Å². The quantitative estimate of drug-likeness (QED) is 0.814. The smallest absolute Gasteiger partial charge is 0.319 e. The molecule has 1 saturated heterocycles. The molecule has 0 aromatic heterocycles. The number of methoxy groups -OCH3 is 1. The van der Waals surface area contributed by atoms with E-state index >= 15 is 0 Å². The molecule has 2 aromatic carbocycles. The molecule has 0 spiro atoms. The number of esters is 1. The van der Waals surface area contributed by atoms with Crippen LogP contribution < -0.4 is 0 Å². The minimum absolute atomic E-state index is 0.378. The Morgan fingerprint density at radius 2 is 1.55 bits per heavy atom. The summed E-state index contributed by atoms with van der Waals surface area (Å²) in [6.45, 7) is 0.879. The van der Waals surface area contributed by atoms with Crippen LogP contribution in [0, 0.1) is 0 Å². The lowest BCUT2D eigenvalue weighted by atomic mass is 9.85. The first-order valence-corrected chi connectivity index (χ1v) is 7.24. The van der Waals surface area contributed by atoms with Crippen molar-refractivity contribution in [3.63, 3.8) is 0 Å².